The highest BCUT2D eigenvalue weighted by Crippen LogP contribution is 2.19. The van der Waals surface area contributed by atoms with Gasteiger partial charge in [-0.1, -0.05) is 6.07 Å². The number of carbonyl (C=O) groups excluding carboxylic acids is 1. The predicted octanol–water partition coefficient (Wildman–Crippen LogP) is 3.06. The van der Waals surface area contributed by atoms with Crippen LogP contribution in [0.2, 0.25) is 0 Å². The Morgan fingerprint density at radius 2 is 2.10 bits per heavy atom. The van der Waals surface area contributed by atoms with E-state index in [1.54, 1.807) is 24.3 Å². The van der Waals surface area contributed by atoms with Gasteiger partial charge in [0.15, 0.2) is 0 Å². The van der Waals surface area contributed by atoms with Gasteiger partial charge in [0.1, 0.15) is 11.6 Å². The van der Waals surface area contributed by atoms with Gasteiger partial charge in [-0.05, 0) is 37.3 Å². The van der Waals surface area contributed by atoms with Gasteiger partial charge in [-0.25, -0.2) is 4.39 Å². The lowest BCUT2D eigenvalue weighted by Gasteiger charge is -2.08. The standard InChI is InChI=1S/C15H15FN2O2/c1-2-20-14-5-3-4-13(9-14)18-15(19)10-6-11(16)8-12(17)7-10/h3-9H,2,17H2,1H3,(H,18,19). The minimum absolute atomic E-state index is 0.171. The number of anilines is 2. The first kappa shape index (κ1) is 13.9. The average Bonchev–Trinajstić information content (AvgIpc) is 2.38. The smallest absolute Gasteiger partial charge is 0.255 e. The molecule has 0 atom stereocenters. The molecule has 2 aromatic rings. The Labute approximate surface area is 116 Å². The van der Waals surface area contributed by atoms with E-state index < -0.39 is 11.7 Å². The molecule has 0 heterocycles. The van der Waals surface area contributed by atoms with Crippen LogP contribution in [0.25, 0.3) is 0 Å². The number of nitrogens with two attached hydrogens (primary N) is 1. The second-order valence-electron chi connectivity index (χ2n) is 4.19. The molecule has 0 unspecified atom stereocenters. The summed E-state index contributed by atoms with van der Waals surface area (Å²) in [5, 5.41) is 2.67. The average molecular weight is 274 g/mol. The maximum absolute atomic E-state index is 13.2. The minimum Gasteiger partial charge on any atom is -0.494 e. The molecular weight excluding hydrogens is 259 g/mol. The van der Waals surface area contributed by atoms with Crippen LogP contribution in [0.15, 0.2) is 42.5 Å². The first-order valence-corrected chi connectivity index (χ1v) is 6.19. The van der Waals surface area contributed by atoms with Crippen LogP contribution in [-0.4, -0.2) is 12.5 Å². The summed E-state index contributed by atoms with van der Waals surface area (Å²) in [7, 11) is 0. The molecule has 0 aliphatic carbocycles. The molecule has 0 aliphatic rings. The maximum atomic E-state index is 13.2. The number of amides is 1. The zero-order valence-corrected chi connectivity index (χ0v) is 11.0. The van der Waals surface area contributed by atoms with Gasteiger partial charge >= 0.3 is 0 Å². The fraction of sp³-hybridized carbons (Fsp3) is 0.133. The van der Waals surface area contributed by atoms with Crippen molar-refractivity contribution < 1.29 is 13.9 Å². The van der Waals surface area contributed by atoms with E-state index in [0.717, 1.165) is 12.1 Å². The van der Waals surface area contributed by atoms with Crippen LogP contribution in [0.3, 0.4) is 0 Å². The Balaban J connectivity index is 2.16. The van der Waals surface area contributed by atoms with Crippen LogP contribution in [0, 0.1) is 5.82 Å². The molecule has 0 spiro atoms. The van der Waals surface area contributed by atoms with Crippen molar-refractivity contribution in [3.8, 4) is 5.75 Å². The summed E-state index contributed by atoms with van der Waals surface area (Å²) in [6.45, 7) is 2.42. The number of hydrogen-bond acceptors (Lipinski definition) is 3. The Bertz CT molecular complexity index is 609. The van der Waals surface area contributed by atoms with E-state index in [2.05, 4.69) is 5.32 Å². The summed E-state index contributed by atoms with van der Waals surface area (Å²) < 4.78 is 18.6. The van der Waals surface area contributed by atoms with Crippen molar-refractivity contribution in [3.63, 3.8) is 0 Å². The Kier molecular flexibility index (Phi) is 4.20. The number of hydrogen-bond donors (Lipinski definition) is 2. The number of nitrogens with one attached hydrogen (secondary N) is 1. The summed E-state index contributed by atoms with van der Waals surface area (Å²) in [6, 6.07) is 10.7. The summed E-state index contributed by atoms with van der Waals surface area (Å²) >= 11 is 0. The molecule has 0 bridgehead atoms. The van der Waals surface area contributed by atoms with Gasteiger partial charge in [0, 0.05) is 23.0 Å². The van der Waals surface area contributed by atoms with Crippen LogP contribution in [0.4, 0.5) is 15.8 Å². The third-order valence-corrected chi connectivity index (χ3v) is 2.59. The molecule has 2 rings (SSSR count). The third kappa shape index (κ3) is 3.47. The summed E-state index contributed by atoms with van der Waals surface area (Å²) in [4.78, 5) is 12.0. The van der Waals surface area contributed by atoms with Crippen molar-refractivity contribution in [1.82, 2.24) is 0 Å². The first-order chi connectivity index (χ1) is 9.58. The topological polar surface area (TPSA) is 64.3 Å². The van der Waals surface area contributed by atoms with Crippen molar-refractivity contribution >= 4 is 17.3 Å². The van der Waals surface area contributed by atoms with Gasteiger partial charge in [-0.3, -0.25) is 4.79 Å². The fourth-order valence-electron chi connectivity index (χ4n) is 1.78. The third-order valence-electron chi connectivity index (χ3n) is 2.59. The summed E-state index contributed by atoms with van der Waals surface area (Å²) in [5.41, 5.74) is 6.46. The maximum Gasteiger partial charge on any atom is 0.255 e. The van der Waals surface area contributed by atoms with Crippen LogP contribution in [0.5, 0.6) is 5.75 Å². The number of halogens is 1. The largest absolute Gasteiger partial charge is 0.494 e. The molecule has 2 aromatic carbocycles. The molecule has 0 fully saturated rings. The molecule has 0 saturated carbocycles. The van der Waals surface area contributed by atoms with Crippen molar-refractivity contribution in [2.75, 3.05) is 17.7 Å². The molecule has 5 heteroatoms. The van der Waals surface area contributed by atoms with Gasteiger partial charge in [-0.2, -0.15) is 0 Å². The number of nitrogen functional groups attached to an aromatic ring is 1. The molecule has 0 aromatic heterocycles. The number of benzene rings is 2. The number of rotatable bonds is 4. The van der Waals surface area contributed by atoms with Crippen molar-refractivity contribution in [3.05, 3.63) is 53.8 Å². The van der Waals surface area contributed by atoms with E-state index in [0.29, 0.717) is 18.0 Å². The van der Waals surface area contributed by atoms with E-state index in [-0.39, 0.29) is 11.3 Å². The van der Waals surface area contributed by atoms with Gasteiger partial charge in [-0.15, -0.1) is 0 Å². The van der Waals surface area contributed by atoms with Gasteiger partial charge in [0.25, 0.3) is 5.91 Å². The molecule has 4 nitrogen and oxygen atoms in total. The van der Waals surface area contributed by atoms with Gasteiger partial charge in [0.2, 0.25) is 0 Å². The van der Waals surface area contributed by atoms with E-state index in [1.165, 1.54) is 6.07 Å². The van der Waals surface area contributed by atoms with Crippen molar-refractivity contribution in [2.24, 2.45) is 0 Å². The van der Waals surface area contributed by atoms with Crippen LogP contribution in [0.1, 0.15) is 17.3 Å². The second-order valence-corrected chi connectivity index (χ2v) is 4.19. The summed E-state index contributed by atoms with van der Waals surface area (Å²) in [5.74, 6) is -0.313. The molecular formula is C15H15FN2O2. The normalized spacial score (nSPS) is 10.1. The Morgan fingerprint density at radius 1 is 1.30 bits per heavy atom. The monoisotopic (exact) mass is 274 g/mol. The number of ether oxygens (including phenoxy) is 1. The highest BCUT2D eigenvalue weighted by atomic mass is 19.1. The molecule has 0 radical (unpaired) electrons. The highest BCUT2D eigenvalue weighted by Gasteiger charge is 2.09. The van der Waals surface area contributed by atoms with Crippen LogP contribution in [-0.2, 0) is 0 Å². The molecule has 0 saturated heterocycles. The molecule has 104 valence electrons. The molecule has 3 N–H and O–H groups in total. The van der Waals surface area contributed by atoms with Crippen LogP contribution >= 0.6 is 0 Å². The van der Waals surface area contributed by atoms with Gasteiger partial charge < -0.3 is 15.8 Å². The van der Waals surface area contributed by atoms with Gasteiger partial charge in [0.05, 0.1) is 6.61 Å². The Morgan fingerprint density at radius 3 is 2.80 bits per heavy atom. The zero-order valence-electron chi connectivity index (χ0n) is 11.0. The van der Waals surface area contributed by atoms with E-state index in [4.69, 9.17) is 10.5 Å². The molecule has 1 amide bonds. The van der Waals surface area contributed by atoms with E-state index in [9.17, 15) is 9.18 Å². The first-order valence-electron chi connectivity index (χ1n) is 6.19. The predicted molar refractivity (Wildman–Crippen MR) is 76.4 cm³/mol. The Hall–Kier alpha value is -2.56. The lowest BCUT2D eigenvalue weighted by molar-refractivity contribution is 0.102. The zero-order chi connectivity index (χ0) is 14.5. The van der Waals surface area contributed by atoms with Crippen molar-refractivity contribution in [2.45, 2.75) is 6.92 Å². The summed E-state index contributed by atoms with van der Waals surface area (Å²) in [6.07, 6.45) is 0. The molecule has 20 heavy (non-hydrogen) atoms. The van der Waals surface area contributed by atoms with Crippen LogP contribution < -0.4 is 15.8 Å². The number of carbonyl (C=O) groups is 1. The van der Waals surface area contributed by atoms with E-state index >= 15 is 0 Å². The fourth-order valence-corrected chi connectivity index (χ4v) is 1.78. The van der Waals surface area contributed by atoms with Crippen molar-refractivity contribution in [1.29, 1.82) is 0 Å². The molecule has 0 aliphatic heterocycles. The lowest BCUT2D eigenvalue weighted by Crippen LogP contribution is -2.12. The quantitative estimate of drug-likeness (QED) is 0.842. The second kappa shape index (κ2) is 6.06. The highest BCUT2D eigenvalue weighted by molar-refractivity contribution is 6.04. The SMILES string of the molecule is CCOc1cccc(NC(=O)c2cc(N)cc(F)c2)c1. The van der Waals surface area contributed by atoms with E-state index in [1.807, 2.05) is 6.92 Å². The lowest BCUT2D eigenvalue weighted by atomic mass is 10.1. The minimum atomic E-state index is -0.543.